The van der Waals surface area contributed by atoms with Gasteiger partial charge in [-0.2, -0.15) is 0 Å². The summed E-state index contributed by atoms with van der Waals surface area (Å²) in [6.45, 7) is 22.4. The van der Waals surface area contributed by atoms with E-state index in [0.717, 1.165) is 16.5 Å². The summed E-state index contributed by atoms with van der Waals surface area (Å²) in [6.07, 6.45) is 0. The highest BCUT2D eigenvalue weighted by atomic mass is 28.3. The molecule has 0 amide bonds. The fraction of sp³-hybridized carbons (Fsp3) is 0.652. The van der Waals surface area contributed by atoms with Crippen molar-refractivity contribution in [1.82, 2.24) is 4.23 Å². The van der Waals surface area contributed by atoms with Gasteiger partial charge in [-0.3, -0.25) is 0 Å². The molecule has 0 saturated carbocycles. The average Bonchev–Trinajstić information content (AvgIpc) is 3.01. The van der Waals surface area contributed by atoms with Crippen molar-refractivity contribution in [1.29, 1.82) is 0 Å². The van der Waals surface area contributed by atoms with Crippen LogP contribution in [0.2, 0.25) is 16.6 Å². The predicted octanol–water partition coefficient (Wildman–Crippen LogP) is 6.10. The van der Waals surface area contributed by atoms with Crippen LogP contribution in [-0.2, 0) is 9.31 Å². The van der Waals surface area contributed by atoms with Crippen molar-refractivity contribution in [2.75, 3.05) is 0 Å². The molecule has 1 aliphatic heterocycles. The van der Waals surface area contributed by atoms with Gasteiger partial charge in [-0.25, -0.2) is 4.39 Å². The van der Waals surface area contributed by atoms with Gasteiger partial charge in [-0.05, 0) is 68.6 Å². The van der Waals surface area contributed by atoms with Crippen LogP contribution in [0.5, 0.6) is 0 Å². The molecule has 0 atom stereocenters. The van der Waals surface area contributed by atoms with E-state index in [1.54, 1.807) is 12.1 Å². The van der Waals surface area contributed by atoms with Gasteiger partial charge in [-0.1, -0.05) is 41.5 Å². The first-order valence-corrected chi connectivity index (χ1v) is 13.1. The molecule has 0 bridgehead atoms. The van der Waals surface area contributed by atoms with Gasteiger partial charge in [0.15, 0.2) is 8.24 Å². The third-order valence-electron chi connectivity index (χ3n) is 7.45. The highest BCUT2D eigenvalue weighted by molar-refractivity contribution is 6.84. The summed E-state index contributed by atoms with van der Waals surface area (Å²) < 4.78 is 29.6. The maximum absolute atomic E-state index is 14.1. The zero-order valence-corrected chi connectivity index (χ0v) is 20.8. The van der Waals surface area contributed by atoms with Crippen LogP contribution in [0, 0.1) is 5.82 Å². The highest BCUT2D eigenvalue weighted by Crippen LogP contribution is 2.45. The van der Waals surface area contributed by atoms with Crippen molar-refractivity contribution >= 4 is 31.9 Å². The number of fused-ring (bicyclic) bond motifs is 1. The Morgan fingerprint density at radius 1 is 0.862 bits per heavy atom. The lowest BCUT2D eigenvalue weighted by atomic mass is 9.85. The topological polar surface area (TPSA) is 23.4 Å². The van der Waals surface area contributed by atoms with E-state index in [1.165, 1.54) is 0 Å². The number of rotatable bonds is 5. The lowest BCUT2D eigenvalue weighted by Crippen LogP contribution is -2.58. The van der Waals surface area contributed by atoms with Gasteiger partial charge in [-0.15, -0.1) is 0 Å². The minimum absolute atomic E-state index is 0.207. The third kappa shape index (κ3) is 3.32. The van der Waals surface area contributed by atoms with Crippen molar-refractivity contribution in [3.63, 3.8) is 0 Å². The van der Waals surface area contributed by atoms with E-state index in [0.29, 0.717) is 16.6 Å². The summed E-state index contributed by atoms with van der Waals surface area (Å²) in [5, 5.41) is 0.925. The van der Waals surface area contributed by atoms with Crippen molar-refractivity contribution < 1.29 is 13.7 Å². The normalized spacial score (nSPS) is 19.3. The Hall–Kier alpha value is -1.11. The predicted molar refractivity (Wildman–Crippen MR) is 124 cm³/mol. The zero-order valence-electron chi connectivity index (χ0n) is 19.8. The maximum Gasteiger partial charge on any atom is 0.511 e. The summed E-state index contributed by atoms with van der Waals surface area (Å²) in [6, 6.07) is 7.25. The summed E-state index contributed by atoms with van der Waals surface area (Å²) in [5.41, 5.74) is 2.81. The molecule has 1 fully saturated rings. The van der Waals surface area contributed by atoms with Gasteiger partial charge in [0.05, 0.1) is 11.2 Å². The average molecular weight is 417 g/mol. The highest BCUT2D eigenvalue weighted by Gasteiger charge is 2.55. The Morgan fingerprint density at radius 2 is 1.34 bits per heavy atom. The van der Waals surface area contributed by atoms with Gasteiger partial charge < -0.3 is 13.5 Å². The Morgan fingerprint density at radius 3 is 1.79 bits per heavy atom. The molecule has 3 rings (SSSR count). The third-order valence-corrected chi connectivity index (χ3v) is 14.3. The van der Waals surface area contributed by atoms with Crippen LogP contribution in [0.1, 0.15) is 69.2 Å². The van der Waals surface area contributed by atoms with E-state index in [2.05, 4.69) is 79.5 Å². The molecule has 0 radical (unpaired) electrons. The fourth-order valence-electron chi connectivity index (χ4n) is 5.55. The lowest BCUT2D eigenvalue weighted by Gasteiger charge is -2.46. The molecule has 6 heteroatoms. The van der Waals surface area contributed by atoms with Crippen LogP contribution < -0.4 is 5.59 Å². The zero-order chi connectivity index (χ0) is 21.9. The van der Waals surface area contributed by atoms with Crippen molar-refractivity contribution in [3.05, 3.63) is 30.1 Å². The van der Waals surface area contributed by atoms with Gasteiger partial charge in [0.25, 0.3) is 0 Å². The summed E-state index contributed by atoms with van der Waals surface area (Å²) in [5.74, 6) is -0.207. The van der Waals surface area contributed by atoms with Crippen LogP contribution in [0.25, 0.3) is 10.9 Å². The molecule has 2 heterocycles. The molecule has 0 N–H and O–H groups in total. The molecule has 2 aromatic rings. The van der Waals surface area contributed by atoms with Crippen LogP contribution in [0.3, 0.4) is 0 Å². The first kappa shape index (κ1) is 22.6. The van der Waals surface area contributed by atoms with Crippen LogP contribution >= 0.6 is 0 Å². The van der Waals surface area contributed by atoms with E-state index in [4.69, 9.17) is 9.31 Å². The molecule has 1 saturated heterocycles. The molecule has 29 heavy (non-hydrogen) atoms. The number of benzene rings is 1. The minimum Gasteiger partial charge on any atom is -0.398 e. The van der Waals surface area contributed by atoms with Crippen molar-refractivity contribution in [2.24, 2.45) is 0 Å². The van der Waals surface area contributed by atoms with Gasteiger partial charge in [0.1, 0.15) is 5.82 Å². The minimum atomic E-state index is -2.10. The second-order valence-electron chi connectivity index (χ2n) is 10.5. The largest absolute Gasteiger partial charge is 0.511 e. The molecule has 0 unspecified atom stereocenters. The molecular formula is C23H37BFNO2Si. The molecule has 1 aromatic heterocycles. The maximum atomic E-state index is 14.1. The fourth-order valence-corrected chi connectivity index (χ4v) is 12.3. The van der Waals surface area contributed by atoms with Crippen molar-refractivity contribution in [3.8, 4) is 0 Å². The van der Waals surface area contributed by atoms with Crippen LogP contribution in [0.15, 0.2) is 24.3 Å². The van der Waals surface area contributed by atoms with Gasteiger partial charge in [0, 0.05) is 16.5 Å². The SMILES string of the molecule is CC(C)[Si](C(C)C)(C(C)C)n1c(B2OC(C)(C)C(C)(C)O2)cc2cc(F)ccc21. The number of hydrogen-bond acceptors (Lipinski definition) is 2. The van der Waals surface area contributed by atoms with Crippen LogP contribution in [-0.4, -0.2) is 30.8 Å². The number of halogens is 1. The van der Waals surface area contributed by atoms with E-state index in [9.17, 15) is 4.39 Å². The molecule has 0 spiro atoms. The van der Waals surface area contributed by atoms with Gasteiger partial charge in [0.2, 0.25) is 0 Å². The summed E-state index contributed by atoms with van der Waals surface area (Å²) in [4.78, 5) is 0. The van der Waals surface area contributed by atoms with E-state index < -0.39 is 26.6 Å². The molecule has 1 aromatic carbocycles. The van der Waals surface area contributed by atoms with Gasteiger partial charge >= 0.3 is 7.12 Å². The van der Waals surface area contributed by atoms with E-state index in [1.807, 2.05) is 6.07 Å². The number of aromatic nitrogens is 1. The Bertz CT molecular complexity index is 866. The monoisotopic (exact) mass is 417 g/mol. The smallest absolute Gasteiger partial charge is 0.398 e. The molecular weight excluding hydrogens is 380 g/mol. The first-order valence-electron chi connectivity index (χ1n) is 10.9. The summed E-state index contributed by atoms with van der Waals surface area (Å²) in [7, 11) is -2.56. The second-order valence-corrected chi connectivity index (χ2v) is 16.2. The quantitative estimate of drug-likeness (QED) is 0.549. The Balaban J connectivity index is 2.35. The summed E-state index contributed by atoms with van der Waals surface area (Å²) >= 11 is 0. The van der Waals surface area contributed by atoms with E-state index >= 15 is 0 Å². The number of hydrogen-bond donors (Lipinski definition) is 0. The first-order chi connectivity index (χ1) is 13.3. The molecule has 160 valence electrons. The standard InChI is InChI=1S/C23H37BFNO2Si/c1-15(2)29(16(3)4,17(5)6)26-20-12-11-19(25)13-18(20)14-21(26)24-27-22(7,8)23(9,10)28-24/h11-17H,1-10H3. The Labute approximate surface area is 177 Å². The molecule has 0 aliphatic carbocycles. The Kier molecular flexibility index (Phi) is 5.64. The van der Waals surface area contributed by atoms with E-state index in [-0.39, 0.29) is 5.82 Å². The van der Waals surface area contributed by atoms with Crippen molar-refractivity contribution in [2.45, 2.75) is 97.1 Å². The molecule has 1 aliphatic rings. The van der Waals surface area contributed by atoms with Crippen LogP contribution in [0.4, 0.5) is 4.39 Å². The lowest BCUT2D eigenvalue weighted by molar-refractivity contribution is 0.00578. The second kappa shape index (κ2) is 7.24. The molecule has 3 nitrogen and oxygen atoms in total. The number of nitrogens with zero attached hydrogens (tertiary/aromatic N) is 1.